The molecule has 0 radical (unpaired) electrons. The van der Waals surface area contributed by atoms with Crippen molar-refractivity contribution in [2.24, 2.45) is 0 Å². The number of rotatable bonds is 3. The number of hydrogen-bond donors (Lipinski definition) is 0. The predicted molar refractivity (Wildman–Crippen MR) is 83.3 cm³/mol. The molecule has 1 aromatic rings. The van der Waals surface area contributed by atoms with Gasteiger partial charge in [0.1, 0.15) is 23.9 Å². The van der Waals surface area contributed by atoms with Crippen LogP contribution in [0.25, 0.3) is 0 Å². The van der Waals surface area contributed by atoms with E-state index >= 15 is 0 Å². The van der Waals surface area contributed by atoms with Crippen molar-refractivity contribution >= 4 is 5.97 Å². The molecule has 2 heterocycles. The summed E-state index contributed by atoms with van der Waals surface area (Å²) >= 11 is 0. The van der Waals surface area contributed by atoms with Crippen LogP contribution in [0.3, 0.4) is 0 Å². The molecule has 3 fully saturated rings. The Balaban J connectivity index is 1.42. The Labute approximate surface area is 141 Å². The Hall–Kier alpha value is -1.47. The number of methoxy groups -OCH3 is 1. The summed E-state index contributed by atoms with van der Waals surface area (Å²) in [5.41, 5.74) is 0.0563. The average Bonchev–Trinajstić information content (AvgIpc) is 2.99. The van der Waals surface area contributed by atoms with Crippen LogP contribution < -0.4 is 0 Å². The molecule has 1 aliphatic carbocycles. The molecule has 1 spiro atoms. The highest BCUT2D eigenvalue weighted by molar-refractivity contribution is 5.89. The molecule has 3 atom stereocenters. The van der Waals surface area contributed by atoms with Gasteiger partial charge in [-0.3, -0.25) is 0 Å². The van der Waals surface area contributed by atoms with Gasteiger partial charge >= 0.3 is 5.97 Å². The Morgan fingerprint density at radius 3 is 2.50 bits per heavy atom. The fourth-order valence-corrected chi connectivity index (χ4v) is 3.86. The number of carbonyl (C=O) groups excluding carboxylic acids is 1. The topological polar surface area (TPSA) is 63.2 Å². The first-order valence-electron chi connectivity index (χ1n) is 8.25. The summed E-state index contributed by atoms with van der Waals surface area (Å²) in [7, 11) is 1.60. The van der Waals surface area contributed by atoms with Crippen molar-refractivity contribution in [2.75, 3.05) is 7.11 Å². The van der Waals surface area contributed by atoms with E-state index in [4.69, 9.17) is 23.7 Å². The lowest BCUT2D eigenvalue weighted by molar-refractivity contribution is -0.277. The zero-order valence-electron chi connectivity index (χ0n) is 14.1. The van der Waals surface area contributed by atoms with Gasteiger partial charge in [-0.2, -0.15) is 0 Å². The van der Waals surface area contributed by atoms with E-state index in [1.165, 1.54) is 0 Å². The second-order valence-corrected chi connectivity index (χ2v) is 7.11. The summed E-state index contributed by atoms with van der Waals surface area (Å²) in [5.74, 6) is -0.966. The van der Waals surface area contributed by atoms with Gasteiger partial charge in [0.05, 0.1) is 5.56 Å². The predicted octanol–water partition coefficient (Wildman–Crippen LogP) is 2.27. The van der Waals surface area contributed by atoms with E-state index in [1.54, 1.807) is 19.2 Å². The summed E-state index contributed by atoms with van der Waals surface area (Å²) in [6, 6.07) is 9.00. The van der Waals surface area contributed by atoms with Crippen LogP contribution in [-0.4, -0.2) is 49.1 Å². The molecular weight excluding hydrogens is 312 g/mol. The second-order valence-electron chi connectivity index (χ2n) is 7.11. The standard InChI is InChI=1S/C18H22O6/c1-17(2)22-13-14(23-17)18(24-16(13)20-3)9-12(10-18)21-15(19)11-7-5-4-6-8-11/h4-8,12-14,16H,9-10H2,1-3H3/t12?,13-,14+,16-,18?/m1/s1. The van der Waals surface area contributed by atoms with Crippen LogP contribution in [0.4, 0.5) is 0 Å². The van der Waals surface area contributed by atoms with Crippen LogP contribution >= 0.6 is 0 Å². The lowest BCUT2D eigenvalue weighted by atomic mass is 9.73. The molecule has 1 saturated carbocycles. The lowest BCUT2D eigenvalue weighted by Gasteiger charge is -2.46. The summed E-state index contributed by atoms with van der Waals surface area (Å²) in [5, 5.41) is 0. The molecule has 4 rings (SSSR count). The van der Waals surface area contributed by atoms with Crippen LogP contribution in [0.15, 0.2) is 30.3 Å². The number of esters is 1. The molecular formula is C18H22O6. The first kappa shape index (κ1) is 16.0. The Morgan fingerprint density at radius 2 is 1.83 bits per heavy atom. The van der Waals surface area contributed by atoms with E-state index in [2.05, 4.69) is 0 Å². The maximum atomic E-state index is 12.2. The summed E-state index contributed by atoms with van der Waals surface area (Å²) in [6.45, 7) is 3.77. The third kappa shape index (κ3) is 2.54. The van der Waals surface area contributed by atoms with Crippen molar-refractivity contribution in [2.45, 2.75) is 62.7 Å². The van der Waals surface area contributed by atoms with E-state index in [1.807, 2.05) is 32.0 Å². The quantitative estimate of drug-likeness (QED) is 0.790. The minimum atomic E-state index is -0.658. The number of fused-ring (bicyclic) bond motifs is 2. The third-order valence-electron chi connectivity index (χ3n) is 4.93. The molecule has 0 aromatic heterocycles. The molecule has 1 aromatic carbocycles. The summed E-state index contributed by atoms with van der Waals surface area (Å²) < 4.78 is 29.0. The van der Waals surface area contributed by atoms with Crippen molar-refractivity contribution in [1.29, 1.82) is 0 Å². The SMILES string of the molecule is CO[C@@H]1OC2(CC(OC(=O)c3ccccc3)C2)[C@H]2OC(C)(C)O[C@@H]12. The molecule has 0 amide bonds. The highest BCUT2D eigenvalue weighted by Gasteiger charge is 2.68. The maximum Gasteiger partial charge on any atom is 0.338 e. The smallest absolute Gasteiger partial charge is 0.338 e. The van der Waals surface area contributed by atoms with Crippen LogP contribution in [0.5, 0.6) is 0 Å². The third-order valence-corrected chi connectivity index (χ3v) is 4.93. The van der Waals surface area contributed by atoms with Crippen LogP contribution in [-0.2, 0) is 23.7 Å². The minimum Gasteiger partial charge on any atom is -0.459 e. The van der Waals surface area contributed by atoms with E-state index in [0.717, 1.165) is 0 Å². The lowest BCUT2D eigenvalue weighted by Crippen LogP contribution is -2.56. The van der Waals surface area contributed by atoms with Crippen LogP contribution in [0.1, 0.15) is 37.0 Å². The summed E-state index contributed by atoms with van der Waals surface area (Å²) in [4.78, 5) is 12.2. The van der Waals surface area contributed by atoms with Gasteiger partial charge in [-0.1, -0.05) is 18.2 Å². The molecule has 130 valence electrons. The van der Waals surface area contributed by atoms with E-state index in [9.17, 15) is 4.79 Å². The van der Waals surface area contributed by atoms with E-state index in [0.29, 0.717) is 18.4 Å². The Kier molecular flexibility index (Phi) is 3.69. The molecule has 24 heavy (non-hydrogen) atoms. The number of ether oxygens (including phenoxy) is 5. The largest absolute Gasteiger partial charge is 0.459 e. The van der Waals surface area contributed by atoms with Crippen molar-refractivity contribution in [3.05, 3.63) is 35.9 Å². The highest BCUT2D eigenvalue weighted by Crippen LogP contribution is 2.53. The van der Waals surface area contributed by atoms with Crippen molar-refractivity contribution in [1.82, 2.24) is 0 Å². The normalized spacial score (nSPS) is 39.5. The van der Waals surface area contributed by atoms with Crippen molar-refractivity contribution < 1.29 is 28.5 Å². The molecule has 2 aliphatic heterocycles. The van der Waals surface area contributed by atoms with Crippen LogP contribution in [0.2, 0.25) is 0 Å². The Bertz CT molecular complexity index is 622. The Morgan fingerprint density at radius 1 is 1.12 bits per heavy atom. The first-order chi connectivity index (χ1) is 11.4. The zero-order valence-corrected chi connectivity index (χ0v) is 14.1. The average molecular weight is 334 g/mol. The zero-order chi connectivity index (χ0) is 16.9. The fourth-order valence-electron chi connectivity index (χ4n) is 3.86. The van der Waals surface area contributed by atoms with Gasteiger partial charge in [0.25, 0.3) is 0 Å². The van der Waals surface area contributed by atoms with Gasteiger partial charge in [0.15, 0.2) is 12.1 Å². The van der Waals surface area contributed by atoms with E-state index in [-0.39, 0.29) is 24.3 Å². The molecule has 6 heteroatoms. The monoisotopic (exact) mass is 334 g/mol. The summed E-state index contributed by atoms with van der Waals surface area (Å²) in [6.07, 6.45) is 0.0849. The molecule has 6 nitrogen and oxygen atoms in total. The molecule has 2 saturated heterocycles. The number of carbonyl (C=O) groups is 1. The van der Waals surface area contributed by atoms with Gasteiger partial charge < -0.3 is 23.7 Å². The molecule has 0 unspecified atom stereocenters. The molecule has 0 bridgehead atoms. The minimum absolute atomic E-state index is 0.179. The fraction of sp³-hybridized carbons (Fsp3) is 0.611. The highest BCUT2D eigenvalue weighted by atomic mass is 16.8. The van der Waals surface area contributed by atoms with E-state index < -0.39 is 17.7 Å². The number of benzene rings is 1. The van der Waals surface area contributed by atoms with Crippen LogP contribution in [0, 0.1) is 0 Å². The van der Waals surface area contributed by atoms with Crippen molar-refractivity contribution in [3.63, 3.8) is 0 Å². The molecule has 3 aliphatic rings. The first-order valence-corrected chi connectivity index (χ1v) is 8.25. The van der Waals surface area contributed by atoms with Gasteiger partial charge in [0.2, 0.25) is 0 Å². The van der Waals surface area contributed by atoms with Gasteiger partial charge in [-0.15, -0.1) is 0 Å². The maximum absolute atomic E-state index is 12.2. The van der Waals surface area contributed by atoms with Crippen molar-refractivity contribution in [3.8, 4) is 0 Å². The van der Waals surface area contributed by atoms with Gasteiger partial charge in [0, 0.05) is 20.0 Å². The number of hydrogen-bond acceptors (Lipinski definition) is 6. The second kappa shape index (κ2) is 5.52. The molecule has 0 N–H and O–H groups in total. The van der Waals surface area contributed by atoms with Gasteiger partial charge in [-0.25, -0.2) is 4.79 Å². The van der Waals surface area contributed by atoms with Gasteiger partial charge in [-0.05, 0) is 26.0 Å².